The summed E-state index contributed by atoms with van der Waals surface area (Å²) >= 11 is 5.76. The van der Waals surface area contributed by atoms with Crippen LogP contribution >= 0.6 is 11.6 Å². The first kappa shape index (κ1) is 13.1. The van der Waals surface area contributed by atoms with Crippen molar-refractivity contribution in [3.8, 4) is 0 Å². The van der Waals surface area contributed by atoms with Crippen molar-refractivity contribution in [2.45, 2.75) is 0 Å². The zero-order chi connectivity index (χ0) is 14.0. The smallest absolute Gasteiger partial charge is 0.304 e. The summed E-state index contributed by atoms with van der Waals surface area (Å²) in [7, 11) is 1.34. The average molecular weight is 284 g/mol. The highest BCUT2D eigenvalue weighted by Crippen LogP contribution is 2.17. The van der Waals surface area contributed by atoms with E-state index >= 15 is 0 Å². The molecule has 1 aliphatic heterocycles. The number of aromatic nitrogens is 1. The summed E-state index contributed by atoms with van der Waals surface area (Å²) in [5.74, 6) is -0.398. The number of pyridine rings is 1. The minimum absolute atomic E-state index is 0.124. The number of likely N-dealkylation sites (N-methyl/N-ethyl adjacent to an activating group) is 1. The maximum atomic E-state index is 11.6. The molecule has 1 saturated heterocycles. The van der Waals surface area contributed by atoms with Gasteiger partial charge in [-0.2, -0.15) is 0 Å². The van der Waals surface area contributed by atoms with Gasteiger partial charge in [0, 0.05) is 13.2 Å². The van der Waals surface area contributed by atoms with E-state index in [1.165, 1.54) is 13.2 Å². The average Bonchev–Trinajstić information content (AvgIpc) is 2.60. The van der Waals surface area contributed by atoms with Crippen LogP contribution in [0.5, 0.6) is 0 Å². The molecule has 1 aromatic heterocycles. The highest BCUT2D eigenvalue weighted by molar-refractivity contribution is 6.32. The number of halogens is 1. The number of amides is 5. The number of carbonyl (C=O) groups is 3. The predicted octanol–water partition coefficient (Wildman–Crippen LogP) is 0.666. The Morgan fingerprint density at radius 2 is 2.21 bits per heavy atom. The Bertz CT molecular complexity index is 550. The number of carbonyl (C=O) groups excluding carboxylic acids is 3. The lowest BCUT2D eigenvalue weighted by molar-refractivity contribution is -0.124. The van der Waals surface area contributed by atoms with Crippen molar-refractivity contribution in [2.24, 2.45) is 0 Å². The summed E-state index contributed by atoms with van der Waals surface area (Å²) in [5, 5.41) is 3.45. The van der Waals surface area contributed by atoms with Crippen LogP contribution in [-0.2, 0) is 4.79 Å². The maximum absolute atomic E-state index is 11.6. The van der Waals surface area contributed by atoms with Crippen LogP contribution in [0.25, 0.3) is 0 Å². The Morgan fingerprint density at radius 3 is 2.79 bits per heavy atom. The SMILES string of the molecule is CN1C(=O)CN(NC(=O)Nc2cccnc2Cl)C1=O. The fraction of sp³-hybridized carbons (Fsp3) is 0.200. The van der Waals surface area contributed by atoms with Crippen LogP contribution < -0.4 is 10.7 Å². The van der Waals surface area contributed by atoms with Gasteiger partial charge in [0.15, 0.2) is 5.15 Å². The Hall–Kier alpha value is -2.35. The fourth-order valence-corrected chi connectivity index (χ4v) is 1.60. The molecular formula is C10H10ClN5O3. The number of nitrogens with zero attached hydrogens (tertiary/aromatic N) is 3. The van der Waals surface area contributed by atoms with E-state index in [9.17, 15) is 14.4 Å². The number of nitrogens with one attached hydrogen (secondary N) is 2. The molecule has 0 atom stereocenters. The number of urea groups is 2. The molecule has 2 N–H and O–H groups in total. The molecular weight excluding hydrogens is 274 g/mol. The number of hydrogen-bond donors (Lipinski definition) is 2. The van der Waals surface area contributed by atoms with E-state index in [1.54, 1.807) is 12.1 Å². The lowest BCUT2D eigenvalue weighted by atomic mass is 10.4. The Kier molecular flexibility index (Phi) is 3.52. The molecule has 0 saturated carbocycles. The van der Waals surface area contributed by atoms with Crippen LogP contribution in [0.1, 0.15) is 0 Å². The van der Waals surface area contributed by atoms with Crippen molar-refractivity contribution in [3.05, 3.63) is 23.5 Å². The zero-order valence-electron chi connectivity index (χ0n) is 9.88. The van der Waals surface area contributed by atoms with Crippen LogP contribution in [-0.4, -0.2) is 46.5 Å². The Morgan fingerprint density at radius 1 is 1.47 bits per heavy atom. The third-order valence-corrected chi connectivity index (χ3v) is 2.73. The van der Waals surface area contributed by atoms with E-state index in [1.807, 2.05) is 0 Å². The van der Waals surface area contributed by atoms with Crippen molar-refractivity contribution in [1.82, 2.24) is 20.3 Å². The molecule has 1 aromatic rings. The first-order valence-corrected chi connectivity index (χ1v) is 5.63. The highest BCUT2D eigenvalue weighted by atomic mass is 35.5. The summed E-state index contributed by atoms with van der Waals surface area (Å²) in [6.45, 7) is -0.205. The van der Waals surface area contributed by atoms with E-state index in [0.29, 0.717) is 5.69 Å². The summed E-state index contributed by atoms with van der Waals surface area (Å²) < 4.78 is 0. The number of hydrogen-bond acceptors (Lipinski definition) is 4. The second-order valence-electron chi connectivity index (χ2n) is 3.73. The fourth-order valence-electron chi connectivity index (χ4n) is 1.44. The first-order chi connectivity index (χ1) is 8.99. The molecule has 0 unspecified atom stereocenters. The van der Waals surface area contributed by atoms with E-state index in [-0.39, 0.29) is 11.7 Å². The molecule has 19 heavy (non-hydrogen) atoms. The largest absolute Gasteiger partial charge is 0.345 e. The normalized spacial score (nSPS) is 14.8. The van der Waals surface area contributed by atoms with Gasteiger partial charge >= 0.3 is 12.1 Å². The van der Waals surface area contributed by atoms with Gasteiger partial charge in [-0.25, -0.2) is 25.0 Å². The van der Waals surface area contributed by atoms with Crippen molar-refractivity contribution < 1.29 is 14.4 Å². The quantitative estimate of drug-likeness (QED) is 0.616. The second kappa shape index (κ2) is 5.11. The van der Waals surface area contributed by atoms with E-state index in [0.717, 1.165) is 9.91 Å². The molecule has 1 aliphatic rings. The Labute approximate surface area is 113 Å². The molecule has 2 heterocycles. The maximum Gasteiger partial charge on any atom is 0.345 e. The van der Waals surface area contributed by atoms with Crippen LogP contribution in [0.4, 0.5) is 15.3 Å². The topological polar surface area (TPSA) is 94.6 Å². The monoisotopic (exact) mass is 283 g/mol. The minimum atomic E-state index is -0.689. The number of imide groups is 1. The van der Waals surface area contributed by atoms with Gasteiger partial charge in [0.2, 0.25) is 0 Å². The van der Waals surface area contributed by atoms with Crippen molar-refractivity contribution >= 4 is 35.3 Å². The zero-order valence-corrected chi connectivity index (χ0v) is 10.6. The van der Waals surface area contributed by atoms with Crippen LogP contribution in [0.2, 0.25) is 5.15 Å². The van der Waals surface area contributed by atoms with Gasteiger partial charge in [-0.3, -0.25) is 9.69 Å². The van der Waals surface area contributed by atoms with Crippen molar-refractivity contribution in [2.75, 3.05) is 18.9 Å². The molecule has 100 valence electrons. The van der Waals surface area contributed by atoms with Gasteiger partial charge in [0.25, 0.3) is 5.91 Å². The van der Waals surface area contributed by atoms with Gasteiger partial charge < -0.3 is 5.32 Å². The molecule has 0 aromatic carbocycles. The van der Waals surface area contributed by atoms with E-state index in [2.05, 4.69) is 15.7 Å². The second-order valence-corrected chi connectivity index (χ2v) is 4.09. The summed E-state index contributed by atoms with van der Waals surface area (Å²) in [5.41, 5.74) is 2.55. The molecule has 9 heteroatoms. The third-order valence-electron chi connectivity index (χ3n) is 2.43. The van der Waals surface area contributed by atoms with Crippen LogP contribution in [0.3, 0.4) is 0 Å². The third kappa shape index (κ3) is 2.74. The van der Waals surface area contributed by atoms with Gasteiger partial charge in [-0.15, -0.1) is 0 Å². The molecule has 0 radical (unpaired) electrons. The molecule has 8 nitrogen and oxygen atoms in total. The molecule has 1 fully saturated rings. The Balaban J connectivity index is 1.98. The van der Waals surface area contributed by atoms with Crippen LogP contribution in [0.15, 0.2) is 18.3 Å². The van der Waals surface area contributed by atoms with Gasteiger partial charge in [0.05, 0.1) is 5.69 Å². The van der Waals surface area contributed by atoms with Crippen molar-refractivity contribution in [1.29, 1.82) is 0 Å². The summed E-state index contributed by atoms with van der Waals surface area (Å²) in [6.07, 6.45) is 1.48. The van der Waals surface area contributed by atoms with Gasteiger partial charge in [-0.1, -0.05) is 11.6 Å². The minimum Gasteiger partial charge on any atom is -0.304 e. The lowest BCUT2D eigenvalue weighted by Gasteiger charge is -2.16. The van der Waals surface area contributed by atoms with E-state index < -0.39 is 18.0 Å². The van der Waals surface area contributed by atoms with Crippen LogP contribution in [0, 0.1) is 0 Å². The van der Waals surface area contributed by atoms with E-state index in [4.69, 9.17) is 11.6 Å². The number of rotatable bonds is 2. The summed E-state index contributed by atoms with van der Waals surface area (Å²) in [4.78, 5) is 39.1. The predicted molar refractivity (Wildman–Crippen MR) is 66.3 cm³/mol. The standard InChI is InChI=1S/C10H10ClN5O3/c1-15-7(17)5-16(10(15)19)14-9(18)13-6-3-2-4-12-8(6)11/h2-4H,5H2,1H3,(H2,13,14,18). The van der Waals surface area contributed by atoms with Crippen molar-refractivity contribution in [3.63, 3.8) is 0 Å². The lowest BCUT2D eigenvalue weighted by Crippen LogP contribution is -2.46. The van der Waals surface area contributed by atoms with Gasteiger partial charge in [0.1, 0.15) is 6.54 Å². The molecule has 0 spiro atoms. The van der Waals surface area contributed by atoms with Gasteiger partial charge in [-0.05, 0) is 12.1 Å². The first-order valence-electron chi connectivity index (χ1n) is 5.25. The number of anilines is 1. The molecule has 2 rings (SSSR count). The molecule has 0 aliphatic carbocycles. The highest BCUT2D eigenvalue weighted by Gasteiger charge is 2.34. The summed E-state index contributed by atoms with van der Waals surface area (Å²) in [6, 6.07) is 1.86. The number of hydrazine groups is 1. The molecule has 5 amide bonds. The molecule has 0 bridgehead atoms.